The van der Waals surface area contributed by atoms with Crippen LogP contribution in [0.3, 0.4) is 0 Å². The monoisotopic (exact) mass is 494 g/mol. The standard InChI is InChI=1S/C26H31ClN6O2/c1-14-32(2)20-12-29-24(30-19-6-17-3-4-35-21(17)7-18(19)27)31-22(20)33(14)26-10-15-5-16(11-26)9-25(8-15,13-26)23(28)34/h6-7,12,15-17,21H,1,3-5,8-11,13H2,2H3,(H2,28,34)(H,29,30,31). The van der Waals surface area contributed by atoms with E-state index in [0.29, 0.717) is 28.7 Å². The molecule has 8 rings (SSSR count). The van der Waals surface area contributed by atoms with E-state index in [-0.39, 0.29) is 17.6 Å². The smallest absolute Gasteiger partial charge is 0.229 e. The van der Waals surface area contributed by atoms with E-state index in [1.165, 1.54) is 6.42 Å². The molecule has 35 heavy (non-hydrogen) atoms. The molecule has 3 N–H and O–H groups in total. The van der Waals surface area contributed by atoms with Crippen LogP contribution < -0.4 is 20.9 Å². The first-order valence-electron chi connectivity index (χ1n) is 12.6. The number of amides is 1. The van der Waals surface area contributed by atoms with Crippen LogP contribution >= 0.6 is 11.6 Å². The number of ether oxygens (including phenoxy) is 1. The maximum atomic E-state index is 12.7. The number of primary amides is 1. The fourth-order valence-electron chi connectivity index (χ4n) is 8.23. The first-order valence-corrected chi connectivity index (χ1v) is 13.0. The molecule has 8 nitrogen and oxygen atoms in total. The number of nitrogens with zero attached hydrogens (tertiary/aromatic N) is 4. The van der Waals surface area contributed by atoms with Crippen LogP contribution in [0.5, 0.6) is 0 Å². The molecule has 4 saturated carbocycles. The normalized spacial score (nSPS) is 38.9. The Bertz CT molecular complexity index is 1200. The van der Waals surface area contributed by atoms with Gasteiger partial charge in [0, 0.05) is 25.1 Å². The van der Waals surface area contributed by atoms with Gasteiger partial charge in [0.1, 0.15) is 11.5 Å². The van der Waals surface area contributed by atoms with Crippen molar-refractivity contribution in [3.8, 4) is 0 Å². The Morgan fingerprint density at radius 2 is 2.06 bits per heavy atom. The number of nitrogens with one attached hydrogen (secondary N) is 1. The molecule has 0 spiro atoms. The van der Waals surface area contributed by atoms with Gasteiger partial charge in [0.15, 0.2) is 5.82 Å². The average Bonchev–Trinajstić information content (AvgIpc) is 3.34. The highest BCUT2D eigenvalue weighted by molar-refractivity contribution is 6.32. The van der Waals surface area contributed by atoms with Crippen LogP contribution in [0.1, 0.15) is 44.9 Å². The molecule has 1 aromatic heterocycles. The van der Waals surface area contributed by atoms with E-state index in [0.717, 1.165) is 68.2 Å². The molecular formula is C26H31ClN6O2. The van der Waals surface area contributed by atoms with Gasteiger partial charge in [-0.1, -0.05) is 24.3 Å². The number of hydrogen-bond donors (Lipinski definition) is 2. The largest absolute Gasteiger partial charge is 0.373 e. The summed E-state index contributed by atoms with van der Waals surface area (Å²) in [7, 11) is 2.01. The van der Waals surface area contributed by atoms with Crippen molar-refractivity contribution in [2.75, 3.05) is 28.8 Å². The second kappa shape index (κ2) is 7.23. The minimum Gasteiger partial charge on any atom is -0.373 e. The summed E-state index contributed by atoms with van der Waals surface area (Å²) in [5.74, 6) is 3.44. The molecule has 7 aliphatic rings. The Labute approximate surface area is 210 Å². The van der Waals surface area contributed by atoms with Crippen molar-refractivity contribution in [2.45, 2.75) is 56.6 Å². The number of nitrogens with two attached hydrogens (primary N) is 1. The van der Waals surface area contributed by atoms with Gasteiger partial charge < -0.3 is 25.6 Å². The van der Waals surface area contributed by atoms with E-state index in [9.17, 15) is 4.79 Å². The summed E-state index contributed by atoms with van der Waals surface area (Å²) in [6.07, 6.45) is 12.9. The van der Waals surface area contributed by atoms with Crippen LogP contribution in [-0.4, -0.2) is 41.2 Å². The molecule has 4 atom stereocenters. The SMILES string of the molecule is C=C1N(C)c2cnc(NC3=CC4CCOC4C=C3Cl)nc2N1C12CC3CC(CC(C(N)=O)(C3)C1)C2. The van der Waals surface area contributed by atoms with Gasteiger partial charge in [0.25, 0.3) is 0 Å². The van der Waals surface area contributed by atoms with Crippen LogP contribution in [0.4, 0.5) is 17.5 Å². The highest BCUT2D eigenvalue weighted by atomic mass is 35.5. The zero-order valence-electron chi connectivity index (χ0n) is 20.0. The number of anilines is 3. The molecule has 9 heteroatoms. The quantitative estimate of drug-likeness (QED) is 0.655. The van der Waals surface area contributed by atoms with Gasteiger partial charge in [0.2, 0.25) is 11.9 Å². The Balaban J connectivity index is 1.25. The highest BCUT2D eigenvalue weighted by Gasteiger charge is 2.63. The first kappa shape index (κ1) is 21.7. The van der Waals surface area contributed by atoms with Crippen LogP contribution in [0.15, 0.2) is 41.5 Å². The number of fused-ring (bicyclic) bond motifs is 2. The van der Waals surface area contributed by atoms with Crippen LogP contribution in [-0.2, 0) is 9.53 Å². The Hall–Kier alpha value is -2.58. The molecule has 184 valence electrons. The minimum absolute atomic E-state index is 0.0510. The molecule has 5 fully saturated rings. The minimum atomic E-state index is -0.412. The lowest BCUT2D eigenvalue weighted by atomic mass is 9.46. The van der Waals surface area contributed by atoms with Gasteiger partial charge in [0.05, 0.1) is 28.4 Å². The Kier molecular flexibility index (Phi) is 4.48. The number of hydrogen-bond acceptors (Lipinski definition) is 7. The van der Waals surface area contributed by atoms with Crippen molar-refractivity contribution in [3.05, 3.63) is 41.5 Å². The molecule has 1 aromatic rings. The average molecular weight is 495 g/mol. The summed E-state index contributed by atoms with van der Waals surface area (Å²) >= 11 is 6.57. The zero-order chi connectivity index (χ0) is 24.1. The summed E-state index contributed by atoms with van der Waals surface area (Å²) in [6.45, 7) is 5.19. The first-order chi connectivity index (χ1) is 16.8. The van der Waals surface area contributed by atoms with Gasteiger partial charge in [-0.3, -0.25) is 4.79 Å². The number of carbonyl (C=O) groups excluding carboxylic acids is 1. The van der Waals surface area contributed by atoms with Gasteiger partial charge in [-0.25, -0.2) is 4.98 Å². The maximum Gasteiger partial charge on any atom is 0.229 e. The van der Waals surface area contributed by atoms with Crippen molar-refractivity contribution < 1.29 is 9.53 Å². The van der Waals surface area contributed by atoms with E-state index < -0.39 is 5.41 Å². The van der Waals surface area contributed by atoms with Crippen molar-refractivity contribution in [3.63, 3.8) is 0 Å². The van der Waals surface area contributed by atoms with Gasteiger partial charge >= 0.3 is 0 Å². The molecule has 1 amide bonds. The third-order valence-corrected chi connectivity index (χ3v) is 9.70. The summed E-state index contributed by atoms with van der Waals surface area (Å²) in [6, 6.07) is 0. The lowest BCUT2D eigenvalue weighted by molar-refractivity contribution is -0.144. The third kappa shape index (κ3) is 3.05. The Morgan fingerprint density at radius 1 is 1.29 bits per heavy atom. The molecular weight excluding hydrogens is 464 g/mol. The number of carbonyl (C=O) groups is 1. The fourth-order valence-corrected chi connectivity index (χ4v) is 8.46. The summed E-state index contributed by atoms with van der Waals surface area (Å²) < 4.78 is 5.75. The lowest BCUT2D eigenvalue weighted by Crippen LogP contribution is -2.65. The highest BCUT2D eigenvalue weighted by Crippen LogP contribution is 2.65. The molecule has 5 aliphatic carbocycles. The topological polar surface area (TPSA) is 96.6 Å². The molecule has 2 aliphatic heterocycles. The van der Waals surface area contributed by atoms with Gasteiger partial charge in [-0.05, 0) is 62.9 Å². The van der Waals surface area contributed by atoms with Gasteiger partial charge in [-0.15, -0.1) is 0 Å². The van der Waals surface area contributed by atoms with Crippen LogP contribution in [0.25, 0.3) is 0 Å². The second-order valence-electron chi connectivity index (χ2n) is 11.6. The molecule has 1 saturated heterocycles. The van der Waals surface area contributed by atoms with Crippen molar-refractivity contribution in [1.29, 1.82) is 0 Å². The third-order valence-electron chi connectivity index (χ3n) is 9.37. The predicted octanol–water partition coefficient (Wildman–Crippen LogP) is 3.87. The number of allylic oxidation sites excluding steroid dienone is 1. The van der Waals surface area contributed by atoms with Crippen molar-refractivity contribution in [1.82, 2.24) is 9.97 Å². The predicted molar refractivity (Wildman–Crippen MR) is 135 cm³/mol. The number of rotatable bonds is 4. The Morgan fingerprint density at radius 3 is 2.80 bits per heavy atom. The number of aromatic nitrogens is 2. The van der Waals surface area contributed by atoms with Crippen LogP contribution in [0.2, 0.25) is 0 Å². The molecule has 4 unspecified atom stereocenters. The summed E-state index contributed by atoms with van der Waals surface area (Å²) in [5, 5.41) is 3.98. The van der Waals surface area contributed by atoms with E-state index in [2.05, 4.69) is 32.8 Å². The molecule has 3 heterocycles. The maximum absolute atomic E-state index is 12.7. The van der Waals surface area contributed by atoms with Crippen LogP contribution in [0, 0.1) is 23.2 Å². The summed E-state index contributed by atoms with van der Waals surface area (Å²) in [4.78, 5) is 26.7. The lowest BCUT2D eigenvalue weighted by Gasteiger charge is -2.63. The molecule has 0 aromatic carbocycles. The zero-order valence-corrected chi connectivity index (χ0v) is 20.7. The van der Waals surface area contributed by atoms with E-state index in [4.69, 9.17) is 27.1 Å². The summed E-state index contributed by atoms with van der Waals surface area (Å²) in [5.41, 5.74) is 7.16. The fraction of sp³-hybridized carbons (Fsp3) is 0.577. The van der Waals surface area contributed by atoms with Crippen molar-refractivity contribution >= 4 is 35.0 Å². The van der Waals surface area contributed by atoms with Gasteiger partial charge in [-0.2, -0.15) is 4.98 Å². The molecule has 0 radical (unpaired) electrons. The molecule has 4 bridgehead atoms. The van der Waals surface area contributed by atoms with E-state index >= 15 is 0 Å². The van der Waals surface area contributed by atoms with E-state index in [1.807, 2.05) is 19.3 Å². The second-order valence-corrected chi connectivity index (χ2v) is 12.0. The number of halogens is 1. The van der Waals surface area contributed by atoms with Crippen molar-refractivity contribution in [2.24, 2.45) is 28.9 Å². The van der Waals surface area contributed by atoms with E-state index in [1.54, 1.807) is 0 Å².